The number of carbonyl (C=O) groups is 1. The number of amides is 1. The lowest BCUT2D eigenvalue weighted by Crippen LogP contribution is -2.56. The number of aromatic nitrogens is 7. The van der Waals surface area contributed by atoms with Crippen molar-refractivity contribution in [3.05, 3.63) is 24.4 Å². The number of hydrogen-bond donors (Lipinski definition) is 3. The number of carbonyl (C=O) groups excluding carboxylic acids is 1. The van der Waals surface area contributed by atoms with Crippen LogP contribution in [0, 0.1) is 0 Å². The topological polar surface area (TPSA) is 138 Å². The van der Waals surface area contributed by atoms with Crippen LogP contribution in [0.15, 0.2) is 24.4 Å². The highest BCUT2D eigenvalue weighted by Crippen LogP contribution is 2.32. The minimum Gasteiger partial charge on any atom is -0.387 e. The molecule has 0 unspecified atom stereocenters. The molecule has 3 N–H and O–H groups in total. The minimum atomic E-state index is -3.25. The molecule has 5 rings (SSSR count). The number of piperidine rings is 1. The molecule has 5 heterocycles. The van der Waals surface area contributed by atoms with Gasteiger partial charge in [-0.15, -0.1) is 10.2 Å². The molecule has 4 aromatic heterocycles. The van der Waals surface area contributed by atoms with E-state index in [-0.39, 0.29) is 18.9 Å². The average molecular weight is 519 g/mol. The van der Waals surface area contributed by atoms with Gasteiger partial charge in [-0.1, -0.05) is 5.21 Å². The van der Waals surface area contributed by atoms with E-state index in [2.05, 4.69) is 36.0 Å². The number of fused-ring (bicyclic) bond motifs is 2. The number of aliphatic hydroxyl groups excluding tert-OH is 1. The molecular weight excluding hydrogens is 493 g/mol. The van der Waals surface area contributed by atoms with E-state index in [1.54, 1.807) is 38.4 Å². The van der Waals surface area contributed by atoms with Crippen LogP contribution in [-0.2, 0) is 4.79 Å². The van der Waals surface area contributed by atoms with Crippen molar-refractivity contribution in [1.82, 2.24) is 39.5 Å². The van der Waals surface area contributed by atoms with Crippen LogP contribution in [0.25, 0.3) is 27.9 Å². The van der Waals surface area contributed by atoms with Crippen molar-refractivity contribution in [3.8, 4) is 11.3 Å². The van der Waals surface area contributed by atoms with E-state index in [0.717, 1.165) is 4.90 Å². The summed E-state index contributed by atoms with van der Waals surface area (Å²) < 4.78 is 45.7. The van der Waals surface area contributed by atoms with Gasteiger partial charge in [-0.05, 0) is 31.5 Å². The van der Waals surface area contributed by atoms with Crippen molar-refractivity contribution in [3.63, 3.8) is 0 Å². The Labute approximate surface area is 208 Å². The number of aliphatic hydroxyl groups is 1. The summed E-state index contributed by atoms with van der Waals surface area (Å²) in [5, 5.41) is 27.1. The number of alkyl halides is 3. The van der Waals surface area contributed by atoms with Gasteiger partial charge in [0.05, 0.1) is 24.3 Å². The zero-order valence-corrected chi connectivity index (χ0v) is 20.1. The maximum atomic E-state index is 14.8. The molecule has 0 radical (unpaired) electrons. The van der Waals surface area contributed by atoms with Gasteiger partial charge in [-0.3, -0.25) is 4.79 Å². The lowest BCUT2D eigenvalue weighted by Gasteiger charge is -2.38. The van der Waals surface area contributed by atoms with Gasteiger partial charge in [-0.2, -0.15) is 4.98 Å². The number of likely N-dealkylation sites (tertiary alicyclic amines) is 1. The molecule has 12 nitrogen and oxygen atoms in total. The number of pyridine rings is 1. The molecule has 1 aliphatic rings. The summed E-state index contributed by atoms with van der Waals surface area (Å²) in [5.41, 5.74) is 2.74. The molecule has 37 heavy (non-hydrogen) atoms. The zero-order chi connectivity index (χ0) is 26.3. The number of halogens is 3. The molecule has 1 fully saturated rings. The van der Waals surface area contributed by atoms with Crippen molar-refractivity contribution >= 4 is 34.4 Å². The van der Waals surface area contributed by atoms with Gasteiger partial charge in [0.15, 0.2) is 11.5 Å². The van der Waals surface area contributed by atoms with Crippen LogP contribution < -0.4 is 10.6 Å². The number of nitrogens with one attached hydrogen (secondary N) is 2. The van der Waals surface area contributed by atoms with Crippen LogP contribution >= 0.6 is 0 Å². The van der Waals surface area contributed by atoms with E-state index < -0.39 is 43.7 Å². The fourth-order valence-electron chi connectivity index (χ4n) is 4.39. The van der Waals surface area contributed by atoms with Gasteiger partial charge < -0.3 is 20.6 Å². The highest BCUT2D eigenvalue weighted by Gasteiger charge is 2.46. The molecule has 0 aliphatic carbocycles. The van der Waals surface area contributed by atoms with Gasteiger partial charge >= 0.3 is 0 Å². The maximum Gasteiger partial charge on any atom is 0.285 e. The summed E-state index contributed by atoms with van der Waals surface area (Å²) in [5.74, 6) is -3.64. The lowest BCUT2D eigenvalue weighted by molar-refractivity contribution is -0.145. The molecule has 1 aliphatic heterocycles. The molecule has 196 valence electrons. The molecule has 1 saturated heterocycles. The average Bonchev–Trinajstić information content (AvgIpc) is 3.52. The highest BCUT2D eigenvalue weighted by atomic mass is 19.3. The first-order valence-corrected chi connectivity index (χ1v) is 11.6. The highest BCUT2D eigenvalue weighted by molar-refractivity contribution is 5.89. The molecule has 4 aromatic rings. The summed E-state index contributed by atoms with van der Waals surface area (Å²) in [6, 6.07) is 3.42. The SMILES string of the molecule is CNc1nc(N[C@@H]2CCN(C(=O)CO)CC2(F)F)nn2ccc(-c3ccc4nnn([C@@H](C)CF)c4n3)c12. The Bertz CT molecular complexity index is 1460. The van der Waals surface area contributed by atoms with E-state index in [9.17, 15) is 18.0 Å². The molecular formula is C22H25F3N10O2. The van der Waals surface area contributed by atoms with Gasteiger partial charge in [0.25, 0.3) is 5.92 Å². The second-order valence-electron chi connectivity index (χ2n) is 8.85. The maximum absolute atomic E-state index is 14.8. The molecule has 1 amide bonds. The van der Waals surface area contributed by atoms with Crippen molar-refractivity contribution in [2.24, 2.45) is 0 Å². The standard InChI is InChI=1S/C22H25F3N10O2/c1-12(9-23)35-20-15(30-32-35)4-3-14(27-20)13-5-8-34-18(13)19(26-2)29-21(31-34)28-16-6-7-33(17(37)10-36)11-22(16,24)25/h3-5,8,12,16,36H,6-7,9-11H2,1-2H3,(H2,26,28,29,31)/t12-,16+/m0/s1. The summed E-state index contributed by atoms with van der Waals surface area (Å²) in [7, 11) is 1.65. The normalized spacial score (nSPS) is 18.3. The van der Waals surface area contributed by atoms with E-state index in [1.165, 1.54) is 9.20 Å². The zero-order valence-electron chi connectivity index (χ0n) is 20.1. The van der Waals surface area contributed by atoms with E-state index >= 15 is 0 Å². The Morgan fingerprint density at radius 3 is 2.81 bits per heavy atom. The van der Waals surface area contributed by atoms with Gasteiger partial charge in [-0.25, -0.2) is 27.4 Å². The van der Waals surface area contributed by atoms with Crippen LogP contribution in [0.4, 0.5) is 24.9 Å². The summed E-state index contributed by atoms with van der Waals surface area (Å²) in [4.78, 5) is 21.6. The van der Waals surface area contributed by atoms with Crippen LogP contribution in [0.5, 0.6) is 0 Å². The van der Waals surface area contributed by atoms with Crippen molar-refractivity contribution in [2.45, 2.75) is 31.4 Å². The molecule has 0 aromatic carbocycles. The molecule has 15 heteroatoms. The van der Waals surface area contributed by atoms with Gasteiger partial charge in [0.2, 0.25) is 11.9 Å². The predicted molar refractivity (Wildman–Crippen MR) is 128 cm³/mol. The van der Waals surface area contributed by atoms with Gasteiger partial charge in [0.1, 0.15) is 24.3 Å². The van der Waals surface area contributed by atoms with E-state index in [0.29, 0.717) is 33.8 Å². The number of rotatable bonds is 7. The second kappa shape index (κ2) is 9.46. The predicted octanol–water partition coefficient (Wildman–Crippen LogP) is 1.75. The van der Waals surface area contributed by atoms with Crippen LogP contribution in [0.1, 0.15) is 19.4 Å². The first-order valence-electron chi connectivity index (χ1n) is 11.6. The fraction of sp³-hybridized carbons (Fsp3) is 0.455. The second-order valence-corrected chi connectivity index (χ2v) is 8.85. The first kappa shape index (κ1) is 24.7. The van der Waals surface area contributed by atoms with Crippen molar-refractivity contribution in [2.75, 3.05) is 44.1 Å². The third kappa shape index (κ3) is 4.39. The molecule has 0 bridgehead atoms. The number of hydrogen-bond acceptors (Lipinski definition) is 9. The quantitative estimate of drug-likeness (QED) is 0.334. The van der Waals surface area contributed by atoms with E-state index in [4.69, 9.17) is 5.11 Å². The summed E-state index contributed by atoms with van der Waals surface area (Å²) in [6.07, 6.45) is 1.61. The monoisotopic (exact) mass is 518 g/mol. The molecule has 2 atom stereocenters. The first-order chi connectivity index (χ1) is 17.7. The van der Waals surface area contributed by atoms with Crippen LogP contribution in [0.3, 0.4) is 0 Å². The molecule has 0 saturated carbocycles. The smallest absolute Gasteiger partial charge is 0.285 e. The Morgan fingerprint density at radius 2 is 2.11 bits per heavy atom. The summed E-state index contributed by atoms with van der Waals surface area (Å²) in [6.45, 7) is -0.495. The minimum absolute atomic E-state index is 0.0203. The Morgan fingerprint density at radius 1 is 1.30 bits per heavy atom. The fourth-order valence-corrected chi connectivity index (χ4v) is 4.39. The Hall–Kier alpha value is -4.01. The van der Waals surface area contributed by atoms with Gasteiger partial charge in [0, 0.05) is 25.4 Å². The van der Waals surface area contributed by atoms with Crippen LogP contribution in [-0.4, -0.2) is 95.9 Å². The molecule has 0 spiro atoms. The number of anilines is 2. The third-order valence-electron chi connectivity index (χ3n) is 6.38. The van der Waals surface area contributed by atoms with Crippen molar-refractivity contribution in [1.29, 1.82) is 0 Å². The number of nitrogens with zero attached hydrogens (tertiary/aromatic N) is 8. The Balaban J connectivity index is 1.47. The third-order valence-corrected chi connectivity index (χ3v) is 6.38. The Kier molecular flexibility index (Phi) is 6.31. The largest absolute Gasteiger partial charge is 0.387 e. The van der Waals surface area contributed by atoms with Crippen LogP contribution in [0.2, 0.25) is 0 Å². The summed E-state index contributed by atoms with van der Waals surface area (Å²) >= 11 is 0. The van der Waals surface area contributed by atoms with E-state index in [1.807, 2.05) is 0 Å². The van der Waals surface area contributed by atoms with Crippen molar-refractivity contribution < 1.29 is 23.1 Å². The lowest BCUT2D eigenvalue weighted by atomic mass is 10.0.